The molecule has 0 bridgehead atoms. The first-order valence-electron chi connectivity index (χ1n) is 7.14. The number of hydrogen-bond donors (Lipinski definition) is 1. The minimum Gasteiger partial charge on any atom is -0.382 e. The number of hydrogen-bond acceptors (Lipinski definition) is 3. The van der Waals surface area contributed by atoms with Gasteiger partial charge in [0.15, 0.2) is 5.82 Å². The Hall–Kier alpha value is -2.69. The molecule has 0 spiro atoms. The summed E-state index contributed by atoms with van der Waals surface area (Å²) < 4.78 is 14.7. The number of benzene rings is 2. The summed E-state index contributed by atoms with van der Waals surface area (Å²) in [4.78, 5) is 0. The van der Waals surface area contributed by atoms with Crippen molar-refractivity contribution in [2.24, 2.45) is 0 Å². The van der Waals surface area contributed by atoms with E-state index in [1.54, 1.807) is 16.8 Å². The van der Waals surface area contributed by atoms with E-state index in [0.29, 0.717) is 17.4 Å². The average Bonchev–Trinajstić information content (AvgIpc) is 2.89. The van der Waals surface area contributed by atoms with Gasteiger partial charge in [-0.05, 0) is 41.8 Å². The molecule has 3 aromatic rings. The highest BCUT2D eigenvalue weighted by molar-refractivity contribution is 5.71. The highest BCUT2D eigenvalue weighted by atomic mass is 19.1. The lowest BCUT2D eigenvalue weighted by molar-refractivity contribution is 0.628. The maximum absolute atomic E-state index is 13.0. The van der Waals surface area contributed by atoms with Gasteiger partial charge in [-0.3, -0.25) is 0 Å². The molecule has 3 rings (SSSR count). The van der Waals surface area contributed by atoms with Gasteiger partial charge in [-0.25, -0.2) is 4.39 Å². The Morgan fingerprint density at radius 1 is 1.05 bits per heavy atom. The third-order valence-corrected chi connectivity index (χ3v) is 3.61. The number of aromatic nitrogens is 3. The second-order valence-corrected chi connectivity index (χ2v) is 5.46. The van der Waals surface area contributed by atoms with E-state index in [-0.39, 0.29) is 5.82 Å². The number of halogens is 1. The fraction of sp³-hybridized carbons (Fsp3) is 0.176. The number of rotatable bonds is 3. The Morgan fingerprint density at radius 2 is 1.73 bits per heavy atom. The van der Waals surface area contributed by atoms with Crippen LogP contribution in [0.5, 0.6) is 0 Å². The van der Waals surface area contributed by atoms with E-state index in [0.717, 1.165) is 16.8 Å². The van der Waals surface area contributed by atoms with Crippen molar-refractivity contribution in [1.82, 2.24) is 15.0 Å². The number of para-hydroxylation sites is 1. The van der Waals surface area contributed by atoms with E-state index in [4.69, 9.17) is 5.73 Å². The summed E-state index contributed by atoms with van der Waals surface area (Å²) in [5, 5.41) is 8.33. The first kappa shape index (κ1) is 14.3. The van der Waals surface area contributed by atoms with Crippen LogP contribution in [0.4, 0.5) is 10.2 Å². The summed E-state index contributed by atoms with van der Waals surface area (Å²) in [6.07, 6.45) is 0. The molecular weight excluding hydrogens is 279 g/mol. The van der Waals surface area contributed by atoms with Crippen molar-refractivity contribution >= 4 is 5.82 Å². The highest BCUT2D eigenvalue weighted by Gasteiger charge is 2.16. The zero-order valence-corrected chi connectivity index (χ0v) is 12.5. The van der Waals surface area contributed by atoms with Crippen LogP contribution in [-0.2, 0) is 0 Å². The first-order valence-corrected chi connectivity index (χ1v) is 7.14. The lowest BCUT2D eigenvalue weighted by Crippen LogP contribution is -2.06. The molecule has 112 valence electrons. The predicted molar refractivity (Wildman–Crippen MR) is 85.3 cm³/mol. The van der Waals surface area contributed by atoms with E-state index in [9.17, 15) is 4.39 Å². The van der Waals surface area contributed by atoms with Gasteiger partial charge >= 0.3 is 0 Å². The van der Waals surface area contributed by atoms with Crippen molar-refractivity contribution < 1.29 is 4.39 Å². The Labute approximate surface area is 128 Å². The van der Waals surface area contributed by atoms with Crippen LogP contribution >= 0.6 is 0 Å². The lowest BCUT2D eigenvalue weighted by atomic mass is 10.0. The van der Waals surface area contributed by atoms with E-state index < -0.39 is 0 Å². The normalized spacial score (nSPS) is 11.1. The molecular formula is C17H17FN4. The molecule has 0 saturated heterocycles. The number of nitrogens with two attached hydrogens (primary N) is 1. The van der Waals surface area contributed by atoms with Gasteiger partial charge in [-0.15, -0.1) is 5.10 Å². The zero-order chi connectivity index (χ0) is 15.7. The zero-order valence-electron chi connectivity index (χ0n) is 12.5. The summed E-state index contributed by atoms with van der Waals surface area (Å²) in [6, 6.07) is 14.0. The molecule has 0 radical (unpaired) electrons. The molecule has 0 amide bonds. The van der Waals surface area contributed by atoms with E-state index in [1.165, 1.54) is 12.1 Å². The third kappa shape index (κ3) is 2.45. The Balaban J connectivity index is 2.10. The standard InChI is InChI=1S/C17H17FN4/c1-11(2)14-5-3-4-6-15(14)22-17(19)16(20-21-22)12-7-9-13(18)10-8-12/h3-11H,19H2,1-2H3. The first-order chi connectivity index (χ1) is 10.6. The molecule has 0 unspecified atom stereocenters. The Kier molecular flexibility index (Phi) is 3.63. The van der Waals surface area contributed by atoms with Crippen molar-refractivity contribution in [1.29, 1.82) is 0 Å². The molecule has 0 saturated carbocycles. The number of anilines is 1. The molecule has 2 N–H and O–H groups in total. The molecule has 0 aliphatic rings. The van der Waals surface area contributed by atoms with Gasteiger partial charge in [0.25, 0.3) is 0 Å². The van der Waals surface area contributed by atoms with Crippen molar-refractivity contribution in [3.05, 3.63) is 59.9 Å². The van der Waals surface area contributed by atoms with Crippen LogP contribution in [0.1, 0.15) is 25.3 Å². The van der Waals surface area contributed by atoms with Crippen LogP contribution in [-0.4, -0.2) is 15.0 Å². The number of nitrogen functional groups attached to an aromatic ring is 1. The summed E-state index contributed by atoms with van der Waals surface area (Å²) >= 11 is 0. The monoisotopic (exact) mass is 296 g/mol. The minimum absolute atomic E-state index is 0.292. The van der Waals surface area contributed by atoms with Gasteiger partial charge in [0.05, 0.1) is 5.69 Å². The number of nitrogens with zero attached hydrogens (tertiary/aromatic N) is 3. The van der Waals surface area contributed by atoms with Gasteiger partial charge < -0.3 is 5.73 Å². The largest absolute Gasteiger partial charge is 0.382 e. The Morgan fingerprint density at radius 3 is 2.41 bits per heavy atom. The summed E-state index contributed by atoms with van der Waals surface area (Å²) in [5.41, 5.74) is 9.57. The summed E-state index contributed by atoms with van der Waals surface area (Å²) in [5.74, 6) is 0.494. The third-order valence-electron chi connectivity index (χ3n) is 3.61. The molecule has 22 heavy (non-hydrogen) atoms. The predicted octanol–water partition coefficient (Wildman–Crippen LogP) is 3.78. The second-order valence-electron chi connectivity index (χ2n) is 5.46. The van der Waals surface area contributed by atoms with E-state index >= 15 is 0 Å². The van der Waals surface area contributed by atoms with Gasteiger partial charge in [-0.1, -0.05) is 37.3 Å². The van der Waals surface area contributed by atoms with E-state index in [2.05, 4.69) is 30.2 Å². The molecule has 0 aliphatic carbocycles. The molecule has 5 heteroatoms. The van der Waals surface area contributed by atoms with Gasteiger partial charge in [0, 0.05) is 5.56 Å². The molecule has 1 aromatic heterocycles. The summed E-state index contributed by atoms with van der Waals surface area (Å²) in [7, 11) is 0. The average molecular weight is 296 g/mol. The lowest BCUT2D eigenvalue weighted by Gasteiger charge is -2.12. The van der Waals surface area contributed by atoms with Crippen LogP contribution in [0.25, 0.3) is 16.9 Å². The van der Waals surface area contributed by atoms with Crippen LogP contribution in [0.15, 0.2) is 48.5 Å². The highest BCUT2D eigenvalue weighted by Crippen LogP contribution is 2.29. The molecule has 0 aliphatic heterocycles. The van der Waals surface area contributed by atoms with Crippen LogP contribution in [0.2, 0.25) is 0 Å². The molecule has 0 fully saturated rings. The van der Waals surface area contributed by atoms with Gasteiger partial charge in [0.2, 0.25) is 0 Å². The van der Waals surface area contributed by atoms with Crippen molar-refractivity contribution in [2.75, 3.05) is 5.73 Å². The Bertz CT molecular complexity index is 791. The maximum Gasteiger partial charge on any atom is 0.155 e. The smallest absolute Gasteiger partial charge is 0.155 e. The quantitative estimate of drug-likeness (QED) is 0.800. The second kappa shape index (κ2) is 5.60. The van der Waals surface area contributed by atoms with Crippen LogP contribution in [0.3, 0.4) is 0 Å². The van der Waals surface area contributed by atoms with Crippen LogP contribution < -0.4 is 5.73 Å². The fourth-order valence-corrected chi connectivity index (χ4v) is 2.45. The molecule has 1 heterocycles. The summed E-state index contributed by atoms with van der Waals surface area (Å²) in [6.45, 7) is 4.24. The van der Waals surface area contributed by atoms with Crippen molar-refractivity contribution in [3.8, 4) is 16.9 Å². The maximum atomic E-state index is 13.0. The molecule has 0 atom stereocenters. The van der Waals surface area contributed by atoms with E-state index in [1.807, 2.05) is 18.2 Å². The minimum atomic E-state index is -0.292. The van der Waals surface area contributed by atoms with Gasteiger partial charge in [-0.2, -0.15) is 4.68 Å². The van der Waals surface area contributed by atoms with Crippen molar-refractivity contribution in [3.63, 3.8) is 0 Å². The van der Waals surface area contributed by atoms with Crippen LogP contribution in [0, 0.1) is 5.82 Å². The van der Waals surface area contributed by atoms with Gasteiger partial charge in [0.1, 0.15) is 11.5 Å². The van der Waals surface area contributed by atoms with Crippen molar-refractivity contribution in [2.45, 2.75) is 19.8 Å². The molecule has 2 aromatic carbocycles. The topological polar surface area (TPSA) is 56.7 Å². The SMILES string of the molecule is CC(C)c1ccccc1-n1nnc(-c2ccc(F)cc2)c1N. The molecule has 4 nitrogen and oxygen atoms in total. The fourth-order valence-electron chi connectivity index (χ4n) is 2.45.